The van der Waals surface area contributed by atoms with E-state index in [1.807, 2.05) is 24.4 Å². The molecule has 3 heterocycles. The van der Waals surface area contributed by atoms with Gasteiger partial charge in [0.15, 0.2) is 5.65 Å². The summed E-state index contributed by atoms with van der Waals surface area (Å²) < 4.78 is 1.73. The molecule has 0 unspecified atom stereocenters. The lowest BCUT2D eigenvalue weighted by Gasteiger charge is -2.30. The van der Waals surface area contributed by atoms with Crippen LogP contribution in [-0.4, -0.2) is 50.3 Å². The number of urea groups is 1. The zero-order chi connectivity index (χ0) is 13.9. The Morgan fingerprint density at radius 1 is 1.35 bits per heavy atom. The van der Waals surface area contributed by atoms with E-state index in [0.717, 1.165) is 12.8 Å². The molecule has 2 N–H and O–H groups in total. The maximum Gasteiger partial charge on any atom is 0.324 e. The second-order valence-corrected chi connectivity index (χ2v) is 5.00. The fraction of sp³-hybridized carbons (Fsp3) is 0.462. The molecule has 0 spiro atoms. The largest absolute Gasteiger partial charge is 0.396 e. The summed E-state index contributed by atoms with van der Waals surface area (Å²) in [5.41, 5.74) is 0.696. The van der Waals surface area contributed by atoms with Crippen LogP contribution >= 0.6 is 0 Å². The van der Waals surface area contributed by atoms with Gasteiger partial charge in [-0.05, 0) is 30.9 Å². The lowest BCUT2D eigenvalue weighted by atomic mass is 9.98. The van der Waals surface area contributed by atoms with E-state index in [1.54, 1.807) is 9.30 Å². The number of aliphatic hydroxyl groups is 1. The summed E-state index contributed by atoms with van der Waals surface area (Å²) in [6.45, 7) is 1.52. The number of fused-ring (bicyclic) bond motifs is 1. The van der Waals surface area contributed by atoms with Crippen LogP contribution in [0.5, 0.6) is 0 Å². The van der Waals surface area contributed by atoms with E-state index in [1.165, 1.54) is 0 Å². The Balaban J connectivity index is 1.67. The zero-order valence-electron chi connectivity index (χ0n) is 11.1. The van der Waals surface area contributed by atoms with Crippen LogP contribution in [0.15, 0.2) is 24.4 Å². The van der Waals surface area contributed by atoms with Crippen LogP contribution in [0, 0.1) is 5.92 Å². The van der Waals surface area contributed by atoms with E-state index in [4.69, 9.17) is 5.11 Å². The molecule has 0 aromatic carbocycles. The molecule has 0 radical (unpaired) electrons. The van der Waals surface area contributed by atoms with Crippen LogP contribution < -0.4 is 5.32 Å². The molecular formula is C13H17N5O2. The average molecular weight is 275 g/mol. The number of anilines is 1. The van der Waals surface area contributed by atoms with Crippen molar-refractivity contribution in [1.82, 2.24) is 19.5 Å². The molecule has 2 aromatic heterocycles. The molecule has 2 amide bonds. The summed E-state index contributed by atoms with van der Waals surface area (Å²) in [5, 5.41) is 19.8. The van der Waals surface area contributed by atoms with Crippen molar-refractivity contribution in [2.24, 2.45) is 5.92 Å². The number of pyridine rings is 1. The number of rotatable bonds is 2. The third-order valence-electron chi connectivity index (χ3n) is 3.69. The van der Waals surface area contributed by atoms with Gasteiger partial charge in [-0.2, -0.15) is 0 Å². The predicted molar refractivity (Wildman–Crippen MR) is 73.4 cm³/mol. The normalized spacial score (nSPS) is 16.6. The van der Waals surface area contributed by atoms with Crippen LogP contribution in [0.25, 0.3) is 5.65 Å². The first-order valence-electron chi connectivity index (χ1n) is 6.74. The van der Waals surface area contributed by atoms with Crippen molar-refractivity contribution in [2.75, 3.05) is 25.0 Å². The SMILES string of the molecule is O=C(Nc1nnc2ccccn12)N1CCC(CO)CC1. The van der Waals surface area contributed by atoms with Gasteiger partial charge in [-0.25, -0.2) is 4.79 Å². The maximum atomic E-state index is 12.2. The first-order valence-corrected chi connectivity index (χ1v) is 6.74. The second kappa shape index (κ2) is 5.46. The van der Waals surface area contributed by atoms with Gasteiger partial charge in [-0.3, -0.25) is 9.72 Å². The number of aliphatic hydroxyl groups excluding tert-OH is 1. The second-order valence-electron chi connectivity index (χ2n) is 5.00. The maximum absolute atomic E-state index is 12.2. The number of hydrogen-bond acceptors (Lipinski definition) is 4. The molecule has 0 atom stereocenters. The standard InChI is InChI=1S/C13H17N5O2/c19-9-10-4-7-17(8-5-10)13(20)14-12-16-15-11-3-1-2-6-18(11)12/h1-3,6,10,19H,4-5,7-9H2,(H,14,16,20). The molecule has 7 nitrogen and oxygen atoms in total. The number of aromatic nitrogens is 3. The van der Waals surface area contributed by atoms with E-state index in [0.29, 0.717) is 30.6 Å². The Kier molecular flexibility index (Phi) is 3.51. The van der Waals surface area contributed by atoms with E-state index >= 15 is 0 Å². The lowest BCUT2D eigenvalue weighted by Crippen LogP contribution is -2.41. The van der Waals surface area contributed by atoms with Gasteiger partial charge >= 0.3 is 6.03 Å². The molecule has 1 fully saturated rings. The molecular weight excluding hydrogens is 258 g/mol. The number of likely N-dealkylation sites (tertiary alicyclic amines) is 1. The van der Waals surface area contributed by atoms with Gasteiger partial charge in [0.1, 0.15) is 0 Å². The van der Waals surface area contributed by atoms with E-state index in [-0.39, 0.29) is 12.6 Å². The fourth-order valence-corrected chi connectivity index (χ4v) is 2.42. The first kappa shape index (κ1) is 12.9. The van der Waals surface area contributed by atoms with Crippen LogP contribution in [0.4, 0.5) is 10.7 Å². The molecule has 1 aliphatic rings. The van der Waals surface area contributed by atoms with E-state index in [2.05, 4.69) is 15.5 Å². The zero-order valence-corrected chi connectivity index (χ0v) is 11.1. The molecule has 1 saturated heterocycles. The Morgan fingerprint density at radius 3 is 2.90 bits per heavy atom. The van der Waals surface area contributed by atoms with Crippen LogP contribution in [0.3, 0.4) is 0 Å². The van der Waals surface area contributed by atoms with Gasteiger partial charge in [0, 0.05) is 25.9 Å². The van der Waals surface area contributed by atoms with Crippen LogP contribution in [0.1, 0.15) is 12.8 Å². The highest BCUT2D eigenvalue weighted by molar-refractivity contribution is 5.87. The molecule has 7 heteroatoms. The van der Waals surface area contributed by atoms with Gasteiger partial charge in [-0.1, -0.05) is 6.07 Å². The van der Waals surface area contributed by atoms with Crippen molar-refractivity contribution in [2.45, 2.75) is 12.8 Å². The molecule has 0 saturated carbocycles. The Labute approximate surface area is 116 Å². The highest BCUT2D eigenvalue weighted by Crippen LogP contribution is 2.17. The molecule has 3 rings (SSSR count). The molecule has 0 aliphatic carbocycles. The minimum atomic E-state index is -0.167. The molecule has 106 valence electrons. The summed E-state index contributed by atoms with van der Waals surface area (Å²) >= 11 is 0. The van der Waals surface area contributed by atoms with Crippen LogP contribution in [0.2, 0.25) is 0 Å². The molecule has 20 heavy (non-hydrogen) atoms. The van der Waals surface area contributed by atoms with Crippen molar-refractivity contribution >= 4 is 17.6 Å². The van der Waals surface area contributed by atoms with Gasteiger partial charge in [0.25, 0.3) is 0 Å². The smallest absolute Gasteiger partial charge is 0.324 e. The van der Waals surface area contributed by atoms with Crippen molar-refractivity contribution in [1.29, 1.82) is 0 Å². The number of amides is 2. The van der Waals surface area contributed by atoms with Crippen molar-refractivity contribution in [3.8, 4) is 0 Å². The molecule has 2 aromatic rings. The van der Waals surface area contributed by atoms with Gasteiger partial charge in [0.05, 0.1) is 0 Å². The van der Waals surface area contributed by atoms with Crippen molar-refractivity contribution in [3.05, 3.63) is 24.4 Å². The number of nitrogens with zero attached hydrogens (tertiary/aromatic N) is 4. The number of piperidine rings is 1. The van der Waals surface area contributed by atoms with E-state index < -0.39 is 0 Å². The topological polar surface area (TPSA) is 82.8 Å². The minimum absolute atomic E-state index is 0.167. The number of carbonyl (C=O) groups excluding carboxylic acids is 1. The average Bonchev–Trinajstić information content (AvgIpc) is 2.91. The van der Waals surface area contributed by atoms with E-state index in [9.17, 15) is 4.79 Å². The summed E-state index contributed by atoms with van der Waals surface area (Å²) in [6, 6.07) is 5.39. The van der Waals surface area contributed by atoms with Crippen LogP contribution in [-0.2, 0) is 0 Å². The number of nitrogens with one attached hydrogen (secondary N) is 1. The monoisotopic (exact) mass is 275 g/mol. The molecule has 1 aliphatic heterocycles. The summed E-state index contributed by atoms with van der Waals surface area (Å²) in [6.07, 6.45) is 3.48. The third kappa shape index (κ3) is 2.44. The quantitative estimate of drug-likeness (QED) is 0.855. The van der Waals surface area contributed by atoms with Crippen molar-refractivity contribution < 1.29 is 9.90 Å². The van der Waals surface area contributed by atoms with Crippen molar-refractivity contribution in [3.63, 3.8) is 0 Å². The summed E-state index contributed by atoms with van der Waals surface area (Å²) in [4.78, 5) is 13.9. The fourth-order valence-electron chi connectivity index (χ4n) is 2.42. The summed E-state index contributed by atoms with van der Waals surface area (Å²) in [7, 11) is 0. The first-order chi connectivity index (χ1) is 9.78. The third-order valence-corrected chi connectivity index (χ3v) is 3.69. The molecule has 0 bridgehead atoms. The lowest BCUT2D eigenvalue weighted by molar-refractivity contribution is 0.143. The highest BCUT2D eigenvalue weighted by atomic mass is 16.3. The summed E-state index contributed by atoms with van der Waals surface area (Å²) in [5.74, 6) is 0.739. The Hall–Kier alpha value is -2.15. The predicted octanol–water partition coefficient (Wildman–Crippen LogP) is 0.965. The highest BCUT2D eigenvalue weighted by Gasteiger charge is 2.23. The van der Waals surface area contributed by atoms with Gasteiger partial charge < -0.3 is 10.0 Å². The Morgan fingerprint density at radius 2 is 2.15 bits per heavy atom. The van der Waals surface area contributed by atoms with Gasteiger partial charge in [0.2, 0.25) is 5.95 Å². The van der Waals surface area contributed by atoms with Gasteiger partial charge in [-0.15, -0.1) is 10.2 Å². The Bertz CT molecular complexity index is 604. The minimum Gasteiger partial charge on any atom is -0.396 e. The number of carbonyl (C=O) groups is 1. The number of hydrogen-bond donors (Lipinski definition) is 2.